The Morgan fingerprint density at radius 3 is 1.97 bits per heavy atom. The number of pyridine rings is 2. The molecular formula is C26H34N4O. The minimum absolute atomic E-state index is 0.0684. The van der Waals surface area contributed by atoms with Crippen molar-refractivity contribution >= 4 is 11.4 Å². The second-order valence-corrected chi connectivity index (χ2v) is 7.45. The van der Waals surface area contributed by atoms with Crippen LogP contribution >= 0.6 is 0 Å². The molecule has 0 saturated carbocycles. The van der Waals surface area contributed by atoms with E-state index in [2.05, 4.69) is 77.8 Å². The fourth-order valence-electron chi connectivity index (χ4n) is 4.12. The molecule has 0 radical (unpaired) electrons. The van der Waals surface area contributed by atoms with E-state index in [9.17, 15) is 5.11 Å². The average Bonchev–Trinajstić information content (AvgIpc) is 2.82. The Labute approximate surface area is 186 Å². The normalized spacial score (nSPS) is 10.9. The topological polar surface area (TPSA) is 52.5 Å². The lowest BCUT2D eigenvalue weighted by Gasteiger charge is -2.22. The number of nitrogens with zero attached hydrogens (tertiary/aromatic N) is 4. The molecule has 0 aliphatic carbocycles. The summed E-state index contributed by atoms with van der Waals surface area (Å²) >= 11 is 0. The van der Waals surface area contributed by atoms with Crippen LogP contribution in [0.25, 0.3) is 22.5 Å². The summed E-state index contributed by atoms with van der Waals surface area (Å²) in [6.45, 7) is 12.6. The van der Waals surface area contributed by atoms with E-state index in [0.717, 1.165) is 59.9 Å². The summed E-state index contributed by atoms with van der Waals surface area (Å²) in [7, 11) is 0. The second kappa shape index (κ2) is 10.9. The summed E-state index contributed by atoms with van der Waals surface area (Å²) < 4.78 is 0. The van der Waals surface area contributed by atoms with Crippen LogP contribution in [0.2, 0.25) is 0 Å². The molecule has 0 bridgehead atoms. The smallest absolute Gasteiger partial charge is 0.0925 e. The summed E-state index contributed by atoms with van der Waals surface area (Å²) in [5.74, 6) is 0. The van der Waals surface area contributed by atoms with Crippen molar-refractivity contribution in [2.45, 2.75) is 34.1 Å². The predicted molar refractivity (Wildman–Crippen MR) is 131 cm³/mol. The average molecular weight is 419 g/mol. The number of aliphatic hydroxyl groups is 1. The molecule has 0 fully saturated rings. The van der Waals surface area contributed by atoms with Crippen LogP contribution in [0.1, 0.15) is 33.3 Å². The summed E-state index contributed by atoms with van der Waals surface area (Å²) in [5.41, 5.74) is 7.30. The zero-order valence-electron chi connectivity index (χ0n) is 19.2. The lowest BCUT2D eigenvalue weighted by molar-refractivity contribution is 0.300. The maximum atomic E-state index is 9.80. The summed E-state index contributed by atoms with van der Waals surface area (Å²) in [5, 5.41) is 9.80. The molecule has 3 rings (SSSR count). The largest absolute Gasteiger partial charge is 0.396 e. The van der Waals surface area contributed by atoms with Gasteiger partial charge >= 0.3 is 0 Å². The van der Waals surface area contributed by atoms with Gasteiger partial charge in [0.25, 0.3) is 0 Å². The highest BCUT2D eigenvalue weighted by molar-refractivity contribution is 5.76. The third kappa shape index (κ3) is 5.05. The van der Waals surface area contributed by atoms with E-state index in [1.807, 2.05) is 24.5 Å². The van der Waals surface area contributed by atoms with Gasteiger partial charge in [-0.25, -0.2) is 0 Å². The molecular weight excluding hydrogens is 384 g/mol. The van der Waals surface area contributed by atoms with Crippen molar-refractivity contribution in [1.82, 2.24) is 9.97 Å². The van der Waals surface area contributed by atoms with Crippen LogP contribution in [0.3, 0.4) is 0 Å². The molecule has 2 heterocycles. The first-order chi connectivity index (χ1) is 15.2. The molecule has 0 saturated heterocycles. The van der Waals surface area contributed by atoms with Gasteiger partial charge in [0.2, 0.25) is 0 Å². The number of anilines is 2. The Balaban J connectivity index is 2.05. The number of hydrogen-bond donors (Lipinski definition) is 1. The van der Waals surface area contributed by atoms with Crippen LogP contribution in [-0.2, 0) is 6.42 Å². The van der Waals surface area contributed by atoms with Gasteiger partial charge in [0.1, 0.15) is 0 Å². The van der Waals surface area contributed by atoms with Gasteiger partial charge in [-0.1, -0.05) is 12.1 Å². The number of aliphatic hydroxyl groups excluding tert-OH is 1. The van der Waals surface area contributed by atoms with E-state index < -0.39 is 0 Å². The molecule has 0 amide bonds. The molecule has 1 N–H and O–H groups in total. The molecule has 5 nitrogen and oxygen atoms in total. The standard InChI is InChI=1S/C26H34N4O/c1-5-29(6-2)21-11-9-20(10-12-21)23-14-17-28-26(24(23)15-18-31)25-19-22(13-16-27-25)30(7-3)8-4/h9-14,16-17,19,31H,5-8,15,18H2,1-4H3. The minimum atomic E-state index is 0.0684. The molecule has 0 spiro atoms. The van der Waals surface area contributed by atoms with Gasteiger partial charge in [0, 0.05) is 56.6 Å². The van der Waals surface area contributed by atoms with Gasteiger partial charge in [-0.2, -0.15) is 0 Å². The van der Waals surface area contributed by atoms with E-state index in [4.69, 9.17) is 0 Å². The van der Waals surface area contributed by atoms with Gasteiger partial charge in [-0.05, 0) is 81.1 Å². The van der Waals surface area contributed by atoms with E-state index in [0.29, 0.717) is 6.42 Å². The Hall–Kier alpha value is -2.92. The van der Waals surface area contributed by atoms with Crippen LogP contribution in [0.5, 0.6) is 0 Å². The predicted octanol–water partition coefficient (Wildman–Crippen LogP) is 5.04. The molecule has 0 aliphatic heterocycles. The van der Waals surface area contributed by atoms with E-state index in [1.54, 1.807) is 0 Å². The number of benzene rings is 1. The zero-order valence-corrected chi connectivity index (χ0v) is 19.2. The highest BCUT2D eigenvalue weighted by atomic mass is 16.2. The van der Waals surface area contributed by atoms with Gasteiger partial charge in [-0.15, -0.1) is 0 Å². The SMILES string of the molecule is CCN(CC)c1ccc(-c2ccnc(-c3cc(N(CC)CC)ccn3)c2CCO)cc1. The lowest BCUT2D eigenvalue weighted by atomic mass is 9.95. The fraction of sp³-hybridized carbons (Fsp3) is 0.385. The van der Waals surface area contributed by atoms with E-state index in [1.165, 1.54) is 5.69 Å². The van der Waals surface area contributed by atoms with Gasteiger partial charge in [0.05, 0.1) is 11.4 Å². The maximum absolute atomic E-state index is 9.80. The molecule has 0 aliphatic rings. The van der Waals surface area contributed by atoms with Crippen molar-refractivity contribution in [1.29, 1.82) is 0 Å². The summed E-state index contributed by atoms with van der Waals surface area (Å²) in [6, 6.07) is 14.8. The third-order valence-electron chi connectivity index (χ3n) is 5.84. The number of hydrogen-bond acceptors (Lipinski definition) is 5. The molecule has 1 aromatic carbocycles. The van der Waals surface area contributed by atoms with E-state index >= 15 is 0 Å². The van der Waals surface area contributed by atoms with Crippen LogP contribution < -0.4 is 9.80 Å². The Bertz CT molecular complexity index is 963. The third-order valence-corrected chi connectivity index (χ3v) is 5.84. The van der Waals surface area contributed by atoms with Gasteiger partial charge in [-0.3, -0.25) is 9.97 Å². The van der Waals surface area contributed by atoms with Gasteiger partial charge < -0.3 is 14.9 Å². The Morgan fingerprint density at radius 1 is 0.742 bits per heavy atom. The Kier molecular flexibility index (Phi) is 8.01. The van der Waals surface area contributed by atoms with Crippen LogP contribution in [0.4, 0.5) is 11.4 Å². The molecule has 2 aromatic heterocycles. The summed E-state index contributed by atoms with van der Waals surface area (Å²) in [4.78, 5) is 13.9. The first-order valence-corrected chi connectivity index (χ1v) is 11.3. The van der Waals surface area contributed by atoms with E-state index in [-0.39, 0.29) is 6.61 Å². The highest BCUT2D eigenvalue weighted by Gasteiger charge is 2.15. The molecule has 0 unspecified atom stereocenters. The highest BCUT2D eigenvalue weighted by Crippen LogP contribution is 2.32. The summed E-state index contributed by atoms with van der Waals surface area (Å²) in [6.07, 6.45) is 4.22. The molecule has 31 heavy (non-hydrogen) atoms. The first-order valence-electron chi connectivity index (χ1n) is 11.3. The van der Waals surface area contributed by atoms with Crippen molar-refractivity contribution in [3.8, 4) is 22.5 Å². The first kappa shape index (κ1) is 22.8. The van der Waals surface area contributed by atoms with Crippen LogP contribution in [0.15, 0.2) is 54.9 Å². The zero-order chi connectivity index (χ0) is 22.2. The monoisotopic (exact) mass is 418 g/mol. The molecule has 5 heteroatoms. The quantitative estimate of drug-likeness (QED) is 0.500. The molecule has 0 atom stereocenters. The van der Waals surface area contributed by atoms with Crippen molar-refractivity contribution in [3.63, 3.8) is 0 Å². The molecule has 164 valence electrons. The van der Waals surface area contributed by atoms with Crippen molar-refractivity contribution in [3.05, 3.63) is 60.4 Å². The van der Waals surface area contributed by atoms with Crippen molar-refractivity contribution < 1.29 is 5.11 Å². The Morgan fingerprint density at radius 2 is 1.35 bits per heavy atom. The lowest BCUT2D eigenvalue weighted by Crippen LogP contribution is -2.21. The molecule has 3 aromatic rings. The minimum Gasteiger partial charge on any atom is -0.396 e. The maximum Gasteiger partial charge on any atom is 0.0925 e. The van der Waals surface area contributed by atoms with Crippen molar-refractivity contribution in [2.24, 2.45) is 0 Å². The number of rotatable bonds is 10. The fourth-order valence-corrected chi connectivity index (χ4v) is 4.12. The number of aromatic nitrogens is 2. The van der Waals surface area contributed by atoms with Crippen LogP contribution in [-0.4, -0.2) is 47.9 Å². The van der Waals surface area contributed by atoms with Gasteiger partial charge in [0.15, 0.2) is 0 Å². The second-order valence-electron chi connectivity index (χ2n) is 7.45. The van der Waals surface area contributed by atoms with Crippen LogP contribution in [0, 0.1) is 0 Å². The van der Waals surface area contributed by atoms with Crippen molar-refractivity contribution in [2.75, 3.05) is 42.6 Å².